The first kappa shape index (κ1) is 17.7. The Bertz CT molecular complexity index is 634. The van der Waals surface area contributed by atoms with Gasteiger partial charge in [0.15, 0.2) is 0 Å². The van der Waals surface area contributed by atoms with Crippen LogP contribution in [0.4, 0.5) is 5.69 Å². The van der Waals surface area contributed by atoms with E-state index in [4.69, 9.17) is 4.74 Å². The molecular weight excluding hydrogens is 318 g/mol. The lowest BCUT2D eigenvalue weighted by molar-refractivity contribution is -0.127. The summed E-state index contributed by atoms with van der Waals surface area (Å²) < 4.78 is 5.63. The van der Waals surface area contributed by atoms with Crippen LogP contribution in [0.3, 0.4) is 0 Å². The number of hydrogen-bond donors (Lipinski definition) is 2. The van der Waals surface area contributed by atoms with Crippen LogP contribution in [0.5, 0.6) is 5.75 Å². The number of nitrogens with zero attached hydrogens (tertiary/aromatic N) is 1. The zero-order chi connectivity index (χ0) is 17.8. The van der Waals surface area contributed by atoms with Crippen LogP contribution in [0.1, 0.15) is 26.7 Å². The van der Waals surface area contributed by atoms with Crippen LogP contribution >= 0.6 is 0 Å². The molecule has 0 radical (unpaired) electrons. The van der Waals surface area contributed by atoms with Crippen molar-refractivity contribution in [2.24, 2.45) is 11.8 Å². The highest BCUT2D eigenvalue weighted by molar-refractivity contribution is 6.01. The second-order valence-electron chi connectivity index (χ2n) is 6.89. The van der Waals surface area contributed by atoms with Crippen LogP contribution in [0, 0.1) is 11.8 Å². The van der Waals surface area contributed by atoms with Crippen LogP contribution < -0.4 is 20.3 Å². The molecule has 1 aromatic rings. The molecule has 0 unspecified atom stereocenters. The molecule has 136 valence electrons. The van der Waals surface area contributed by atoms with Gasteiger partial charge in [-0.2, -0.15) is 0 Å². The van der Waals surface area contributed by atoms with Crippen molar-refractivity contribution in [3.63, 3.8) is 0 Å². The van der Waals surface area contributed by atoms with Gasteiger partial charge in [-0.05, 0) is 44.5 Å². The van der Waals surface area contributed by atoms with Gasteiger partial charge in [0.1, 0.15) is 5.75 Å². The molecule has 3 atom stereocenters. The summed E-state index contributed by atoms with van der Waals surface area (Å²) in [6.07, 6.45) is 1.19. The number of benzene rings is 1. The summed E-state index contributed by atoms with van der Waals surface area (Å²) in [4.78, 5) is 26.8. The first-order chi connectivity index (χ1) is 12.1. The number of hydrogen-bond acceptors (Lipinski definition) is 4. The van der Waals surface area contributed by atoms with E-state index in [1.807, 2.05) is 31.2 Å². The predicted octanol–water partition coefficient (Wildman–Crippen LogP) is 1.55. The van der Waals surface area contributed by atoms with Gasteiger partial charge in [0.2, 0.25) is 11.8 Å². The maximum Gasteiger partial charge on any atom is 0.227 e. The fraction of sp³-hybridized carbons (Fsp3) is 0.579. The van der Waals surface area contributed by atoms with Gasteiger partial charge in [-0.3, -0.25) is 9.59 Å². The van der Waals surface area contributed by atoms with Crippen molar-refractivity contribution >= 4 is 17.5 Å². The maximum absolute atomic E-state index is 12.7. The molecule has 2 N–H and O–H groups in total. The minimum absolute atomic E-state index is 0.0107. The number of amides is 2. The first-order valence-corrected chi connectivity index (χ1v) is 9.13. The van der Waals surface area contributed by atoms with Gasteiger partial charge in [0, 0.05) is 19.0 Å². The minimum atomic E-state index is -0.302. The van der Waals surface area contributed by atoms with Crippen molar-refractivity contribution in [1.29, 1.82) is 0 Å². The summed E-state index contributed by atoms with van der Waals surface area (Å²) in [6, 6.07) is 7.69. The Hall–Kier alpha value is -2.08. The van der Waals surface area contributed by atoms with E-state index in [0.717, 1.165) is 25.2 Å². The predicted molar refractivity (Wildman–Crippen MR) is 96.7 cm³/mol. The lowest BCUT2D eigenvalue weighted by atomic mass is 9.94. The van der Waals surface area contributed by atoms with E-state index in [1.165, 1.54) is 0 Å². The molecule has 0 saturated carbocycles. The molecule has 2 heterocycles. The molecule has 25 heavy (non-hydrogen) atoms. The third-order valence-corrected chi connectivity index (χ3v) is 5.06. The van der Waals surface area contributed by atoms with Crippen LogP contribution in [0.2, 0.25) is 0 Å². The second-order valence-corrected chi connectivity index (χ2v) is 6.89. The Kier molecular flexibility index (Phi) is 5.58. The summed E-state index contributed by atoms with van der Waals surface area (Å²) in [5.74, 6) is 0.759. The molecule has 2 aliphatic rings. The van der Waals surface area contributed by atoms with E-state index in [9.17, 15) is 9.59 Å². The van der Waals surface area contributed by atoms with Crippen molar-refractivity contribution < 1.29 is 14.3 Å². The zero-order valence-corrected chi connectivity index (χ0v) is 15.0. The SMILES string of the molecule is CCOc1ccccc1N1C[C@H](C(=O)N[C@@H]2CCNC[C@H]2C)CC1=O. The molecule has 0 spiro atoms. The number of ether oxygens (including phenoxy) is 1. The molecule has 1 aromatic carbocycles. The molecule has 6 heteroatoms. The van der Waals surface area contributed by atoms with Crippen molar-refractivity contribution in [2.75, 3.05) is 31.1 Å². The van der Waals surface area contributed by atoms with Gasteiger partial charge in [-0.15, -0.1) is 0 Å². The minimum Gasteiger partial charge on any atom is -0.492 e. The Balaban J connectivity index is 1.67. The monoisotopic (exact) mass is 345 g/mol. The van der Waals surface area contributed by atoms with E-state index in [2.05, 4.69) is 17.6 Å². The summed E-state index contributed by atoms with van der Waals surface area (Å²) in [7, 11) is 0. The van der Waals surface area contributed by atoms with Gasteiger partial charge >= 0.3 is 0 Å². The highest BCUT2D eigenvalue weighted by atomic mass is 16.5. The van der Waals surface area contributed by atoms with Gasteiger partial charge in [-0.1, -0.05) is 19.1 Å². The Morgan fingerprint density at radius 1 is 1.40 bits per heavy atom. The molecule has 0 aliphatic carbocycles. The average molecular weight is 345 g/mol. The lowest BCUT2D eigenvalue weighted by Crippen LogP contribution is -2.50. The second kappa shape index (κ2) is 7.87. The first-order valence-electron chi connectivity index (χ1n) is 9.13. The van der Waals surface area contributed by atoms with Crippen LogP contribution in [0.15, 0.2) is 24.3 Å². The smallest absolute Gasteiger partial charge is 0.227 e. The van der Waals surface area contributed by atoms with Crippen molar-refractivity contribution in [1.82, 2.24) is 10.6 Å². The van der Waals surface area contributed by atoms with E-state index in [1.54, 1.807) is 4.90 Å². The number of carbonyl (C=O) groups is 2. The van der Waals surface area contributed by atoms with Gasteiger partial charge in [0.25, 0.3) is 0 Å². The van der Waals surface area contributed by atoms with Gasteiger partial charge < -0.3 is 20.3 Å². The van der Waals surface area contributed by atoms with Crippen molar-refractivity contribution in [2.45, 2.75) is 32.7 Å². The number of carbonyl (C=O) groups excluding carboxylic acids is 2. The Morgan fingerprint density at radius 3 is 2.96 bits per heavy atom. The summed E-state index contributed by atoms with van der Waals surface area (Å²) in [5.41, 5.74) is 0.750. The maximum atomic E-state index is 12.7. The molecule has 2 fully saturated rings. The Labute approximate surface area is 148 Å². The molecule has 0 bridgehead atoms. The lowest BCUT2D eigenvalue weighted by Gasteiger charge is -2.31. The molecular formula is C19H27N3O3. The number of para-hydroxylation sites is 2. The quantitative estimate of drug-likeness (QED) is 0.849. The topological polar surface area (TPSA) is 70.7 Å². The van der Waals surface area contributed by atoms with Gasteiger partial charge in [0.05, 0.1) is 18.2 Å². The number of nitrogens with one attached hydrogen (secondary N) is 2. The molecule has 2 saturated heterocycles. The summed E-state index contributed by atoms with van der Waals surface area (Å²) in [5, 5.41) is 6.49. The third kappa shape index (κ3) is 3.95. The van der Waals surface area contributed by atoms with Crippen LogP contribution in [0.25, 0.3) is 0 Å². The summed E-state index contributed by atoms with van der Waals surface area (Å²) in [6.45, 7) is 6.85. The van der Waals surface area contributed by atoms with Gasteiger partial charge in [-0.25, -0.2) is 0 Å². The molecule has 2 amide bonds. The zero-order valence-electron chi connectivity index (χ0n) is 15.0. The molecule has 0 aromatic heterocycles. The number of piperidine rings is 1. The molecule has 6 nitrogen and oxygen atoms in total. The fourth-order valence-electron chi connectivity index (χ4n) is 3.60. The van der Waals surface area contributed by atoms with Crippen LogP contribution in [-0.2, 0) is 9.59 Å². The number of anilines is 1. The van der Waals surface area contributed by atoms with Crippen molar-refractivity contribution in [3.8, 4) is 5.75 Å². The Morgan fingerprint density at radius 2 is 2.20 bits per heavy atom. The standard InChI is InChI=1S/C19H27N3O3/c1-3-25-17-7-5-4-6-16(17)22-12-14(10-18(22)23)19(24)21-15-8-9-20-11-13(15)2/h4-7,13-15,20H,3,8-12H2,1-2H3,(H,21,24)/t13-,14-,15-/m1/s1. The number of rotatable bonds is 5. The third-order valence-electron chi connectivity index (χ3n) is 5.06. The largest absolute Gasteiger partial charge is 0.492 e. The van der Waals surface area contributed by atoms with E-state index < -0.39 is 0 Å². The van der Waals surface area contributed by atoms with Crippen LogP contribution in [-0.4, -0.2) is 44.1 Å². The van der Waals surface area contributed by atoms with E-state index in [-0.39, 0.29) is 30.2 Å². The van der Waals surface area contributed by atoms with E-state index in [0.29, 0.717) is 24.8 Å². The normalized spacial score (nSPS) is 26.6. The molecule has 2 aliphatic heterocycles. The fourth-order valence-corrected chi connectivity index (χ4v) is 3.60. The van der Waals surface area contributed by atoms with E-state index >= 15 is 0 Å². The average Bonchev–Trinajstić information content (AvgIpc) is 2.99. The molecule has 3 rings (SSSR count). The summed E-state index contributed by atoms with van der Waals surface area (Å²) >= 11 is 0. The highest BCUT2D eigenvalue weighted by Gasteiger charge is 2.37. The highest BCUT2D eigenvalue weighted by Crippen LogP contribution is 2.33. The van der Waals surface area contributed by atoms with Crippen molar-refractivity contribution in [3.05, 3.63) is 24.3 Å².